The first kappa shape index (κ1) is 49.1. The molecule has 3 aliphatic heterocycles. The van der Waals surface area contributed by atoms with Gasteiger partial charge in [0.2, 0.25) is 0 Å². The molecule has 1 aromatic heterocycles. The average Bonchev–Trinajstić information content (AvgIpc) is 3.32. The maximum atomic E-state index is 14.6. The highest BCUT2D eigenvalue weighted by atomic mass is 35.5. The minimum absolute atomic E-state index is 0.0246. The van der Waals surface area contributed by atoms with Gasteiger partial charge in [-0.2, -0.15) is 13.2 Å². The minimum Gasteiger partial charge on any atom is -0.380 e. The second kappa shape index (κ2) is 21.1. The second-order valence-electron chi connectivity index (χ2n) is 17.0. The summed E-state index contributed by atoms with van der Waals surface area (Å²) in [5.74, 6) is 0.0611. The lowest BCUT2D eigenvalue weighted by molar-refractivity contribution is -0.0435. The molecule has 8 rings (SSSR count). The molecule has 0 saturated carbocycles. The van der Waals surface area contributed by atoms with Crippen LogP contribution < -0.4 is 10.0 Å². The summed E-state index contributed by atoms with van der Waals surface area (Å²) in [7, 11) is -10.7. The average molecular weight is 1000 g/mol. The van der Waals surface area contributed by atoms with Gasteiger partial charge in [0.1, 0.15) is 22.9 Å². The van der Waals surface area contributed by atoms with Gasteiger partial charge in [-0.3, -0.25) is 19.4 Å². The molecule has 0 spiro atoms. The Morgan fingerprint density at radius 3 is 2.34 bits per heavy atom. The topological polar surface area (TPSA) is 137 Å². The number of morpholine rings is 1. The fraction of sp³-hybridized carbons (Fsp3) is 0.404. The molecule has 12 nitrogen and oxygen atoms in total. The molecule has 3 aliphatic rings. The maximum absolute atomic E-state index is 14.6. The van der Waals surface area contributed by atoms with Gasteiger partial charge in [-0.1, -0.05) is 48.0 Å². The van der Waals surface area contributed by atoms with Crippen molar-refractivity contribution in [3.05, 3.63) is 125 Å². The number of alkyl halides is 3. The first-order valence-electron chi connectivity index (χ1n) is 22.1. The van der Waals surface area contributed by atoms with Crippen molar-refractivity contribution < 1.29 is 39.1 Å². The summed E-state index contributed by atoms with van der Waals surface area (Å²) in [6.07, 6.45) is 3.76. The van der Waals surface area contributed by atoms with Crippen LogP contribution in [-0.2, 0) is 37.6 Å². The van der Waals surface area contributed by atoms with Crippen molar-refractivity contribution in [2.75, 3.05) is 68.3 Å². The van der Waals surface area contributed by atoms with Crippen molar-refractivity contribution in [2.24, 2.45) is 0 Å². The van der Waals surface area contributed by atoms with Crippen LogP contribution in [0.5, 0.6) is 0 Å². The van der Waals surface area contributed by atoms with E-state index in [1.807, 2.05) is 54.6 Å². The van der Waals surface area contributed by atoms with Gasteiger partial charge in [0.05, 0.1) is 29.5 Å². The molecule has 67 heavy (non-hydrogen) atoms. The van der Waals surface area contributed by atoms with Crippen LogP contribution >= 0.6 is 23.4 Å². The predicted molar refractivity (Wildman–Crippen MR) is 253 cm³/mol. The molecule has 20 heteroatoms. The highest BCUT2D eigenvalue weighted by Gasteiger charge is 2.48. The third-order valence-corrected chi connectivity index (χ3v) is 17.0. The standard InChI is InChI=1S/C47H52ClF4N7O5S3/c1-32(42-27-35(49)11-13-40(42)33-7-9-34(48)10-8-33)58-20-16-37(17-21-58)59-22-18-41-44(29-59)53-31-54-46(41)56-67(62,63)39-12-14-43(45(28-39)66(60,61)47(50,51)52)55-36(15-19-57-23-25-64-26-24-57)30-65-38-5-3-2-4-6-38/h2-14,27-28,31-32,36-37,55H,15-26,29-30H2,1H3,(H,53,54,56). The SMILES string of the molecule is CC(c1cc(F)ccc1-c1ccc(Cl)cc1)N1CCC(N2CCc3c(ncnc3NS(=O)(=O)c3ccc(NC(CCN4CCOCC4)CSc4ccccc4)c(S(=O)(=O)C(F)(F)F)c3)C2)CC1. The number of thioether (sulfide) groups is 1. The van der Waals surface area contributed by atoms with Crippen LogP contribution in [0.3, 0.4) is 0 Å². The van der Waals surface area contributed by atoms with Gasteiger partial charge < -0.3 is 10.1 Å². The van der Waals surface area contributed by atoms with Crippen LogP contribution in [0.4, 0.5) is 29.1 Å². The number of likely N-dealkylation sites (tertiary alicyclic amines) is 1. The number of sulfone groups is 1. The van der Waals surface area contributed by atoms with Crippen molar-refractivity contribution in [3.8, 4) is 11.1 Å². The fourth-order valence-electron chi connectivity index (χ4n) is 9.00. The molecule has 4 heterocycles. The number of hydrogen-bond donors (Lipinski definition) is 2. The number of nitrogens with one attached hydrogen (secondary N) is 2. The van der Waals surface area contributed by atoms with E-state index in [1.165, 1.54) is 24.2 Å². The van der Waals surface area contributed by atoms with Crippen molar-refractivity contribution >= 4 is 54.7 Å². The summed E-state index contributed by atoms with van der Waals surface area (Å²) in [6, 6.07) is 24.2. The zero-order valence-corrected chi connectivity index (χ0v) is 40.0. The van der Waals surface area contributed by atoms with E-state index in [0.29, 0.717) is 86.9 Å². The summed E-state index contributed by atoms with van der Waals surface area (Å²) in [5, 5.41) is 3.67. The molecule has 2 fully saturated rings. The highest BCUT2D eigenvalue weighted by molar-refractivity contribution is 7.99. The normalized spacial score (nSPS) is 18.0. The maximum Gasteiger partial charge on any atom is 0.501 e. The van der Waals surface area contributed by atoms with Crippen LogP contribution in [0.1, 0.15) is 49.0 Å². The number of halogens is 5. The van der Waals surface area contributed by atoms with Gasteiger partial charge in [0.25, 0.3) is 19.9 Å². The predicted octanol–water partition coefficient (Wildman–Crippen LogP) is 8.91. The van der Waals surface area contributed by atoms with E-state index in [0.717, 1.165) is 59.6 Å². The summed E-state index contributed by atoms with van der Waals surface area (Å²) >= 11 is 7.61. The number of rotatable bonds is 16. The lowest BCUT2D eigenvalue weighted by Crippen LogP contribution is -2.47. The van der Waals surface area contributed by atoms with Crippen molar-refractivity contribution in [2.45, 2.75) is 77.5 Å². The molecule has 5 aromatic rings. The molecule has 0 aliphatic carbocycles. The Labute approximate surface area is 398 Å². The van der Waals surface area contributed by atoms with Crippen LogP contribution in [0, 0.1) is 5.82 Å². The van der Waals surface area contributed by atoms with Crippen LogP contribution in [0.15, 0.2) is 112 Å². The second-order valence-corrected chi connectivity index (χ2v) is 22.1. The summed E-state index contributed by atoms with van der Waals surface area (Å²) in [4.78, 5) is 14.6. The summed E-state index contributed by atoms with van der Waals surface area (Å²) in [6.45, 7) is 7.68. The molecule has 4 aromatic carbocycles. The third-order valence-electron chi connectivity index (χ3n) is 12.8. The third kappa shape index (κ3) is 11.8. The van der Waals surface area contributed by atoms with Crippen molar-refractivity contribution in [1.82, 2.24) is 24.7 Å². The largest absolute Gasteiger partial charge is 0.501 e. The number of aromatic nitrogens is 2. The molecule has 2 N–H and O–H groups in total. The number of sulfonamides is 1. The monoisotopic (exact) mass is 1000 g/mol. The molecular formula is C47H52ClF4N7O5S3. The van der Waals surface area contributed by atoms with Crippen molar-refractivity contribution in [1.29, 1.82) is 0 Å². The molecule has 0 bridgehead atoms. The van der Waals surface area contributed by atoms with E-state index < -0.39 is 41.2 Å². The number of hydrogen-bond acceptors (Lipinski definition) is 12. The zero-order valence-electron chi connectivity index (χ0n) is 36.8. The van der Waals surface area contributed by atoms with Gasteiger partial charge in [-0.15, -0.1) is 11.8 Å². The molecule has 0 amide bonds. The lowest BCUT2D eigenvalue weighted by atomic mass is 9.92. The smallest absolute Gasteiger partial charge is 0.380 e. The van der Waals surface area contributed by atoms with Gasteiger partial charge in [0.15, 0.2) is 0 Å². The number of benzene rings is 4. The van der Waals surface area contributed by atoms with Gasteiger partial charge >= 0.3 is 5.51 Å². The first-order valence-corrected chi connectivity index (χ1v) is 26.5. The number of nitrogens with zero attached hydrogens (tertiary/aromatic N) is 5. The molecular weight excluding hydrogens is 950 g/mol. The van der Waals surface area contributed by atoms with E-state index >= 15 is 0 Å². The summed E-state index contributed by atoms with van der Waals surface area (Å²) in [5.41, 5.74) is -2.11. The number of ether oxygens (including phenoxy) is 1. The number of anilines is 2. The molecule has 358 valence electrons. The van der Waals surface area contributed by atoms with E-state index in [1.54, 1.807) is 12.1 Å². The summed E-state index contributed by atoms with van der Waals surface area (Å²) < 4.78 is 120. The van der Waals surface area contributed by atoms with E-state index in [9.17, 15) is 34.4 Å². The van der Waals surface area contributed by atoms with E-state index in [2.05, 4.69) is 41.6 Å². The highest BCUT2D eigenvalue weighted by Crippen LogP contribution is 2.39. The minimum atomic E-state index is -6.02. The Bertz CT molecular complexity index is 2730. The fourth-order valence-corrected chi connectivity index (χ4v) is 12.2. The molecule has 2 atom stereocenters. The van der Waals surface area contributed by atoms with Gasteiger partial charge in [0, 0.05) is 85.2 Å². The van der Waals surface area contributed by atoms with E-state index in [4.69, 9.17) is 16.3 Å². The Balaban J connectivity index is 0.961. The van der Waals surface area contributed by atoms with E-state index in [-0.39, 0.29) is 29.4 Å². The van der Waals surface area contributed by atoms with Crippen molar-refractivity contribution in [3.63, 3.8) is 0 Å². The Morgan fingerprint density at radius 2 is 1.63 bits per heavy atom. The molecule has 2 saturated heterocycles. The zero-order chi connectivity index (χ0) is 47.3. The Morgan fingerprint density at radius 1 is 0.896 bits per heavy atom. The lowest BCUT2D eigenvalue weighted by Gasteiger charge is -2.42. The quantitative estimate of drug-likeness (QED) is 0.0722. The van der Waals surface area contributed by atoms with Gasteiger partial charge in [-0.05, 0) is 104 Å². The Kier molecular flexibility index (Phi) is 15.5. The van der Waals surface area contributed by atoms with Crippen LogP contribution in [-0.4, -0.2) is 117 Å². The molecule has 2 unspecified atom stereocenters. The van der Waals surface area contributed by atoms with Gasteiger partial charge in [-0.25, -0.2) is 31.2 Å². The first-order chi connectivity index (χ1) is 32.1. The Hall–Kier alpha value is -4.34. The van der Waals surface area contributed by atoms with Crippen LogP contribution in [0.25, 0.3) is 11.1 Å². The number of piperidine rings is 1. The van der Waals surface area contributed by atoms with Crippen LogP contribution in [0.2, 0.25) is 5.02 Å². The molecule has 0 radical (unpaired) electrons. The number of fused-ring (bicyclic) bond motifs is 1.